The van der Waals surface area contributed by atoms with Gasteiger partial charge in [-0.1, -0.05) is 18.2 Å². The fourth-order valence-electron chi connectivity index (χ4n) is 4.21. The highest BCUT2D eigenvalue weighted by molar-refractivity contribution is 6.46. The summed E-state index contributed by atoms with van der Waals surface area (Å²) in [5.74, 6) is -0.964. The molecule has 168 valence electrons. The summed E-state index contributed by atoms with van der Waals surface area (Å²) in [4.78, 5) is 34.0. The van der Waals surface area contributed by atoms with Gasteiger partial charge in [-0.25, -0.2) is 0 Å². The van der Waals surface area contributed by atoms with Crippen molar-refractivity contribution in [1.82, 2.24) is 14.8 Å². The lowest BCUT2D eigenvalue weighted by Crippen LogP contribution is -2.39. The number of hydrogen-bond donors (Lipinski definition) is 1. The number of benzene rings is 1. The van der Waals surface area contributed by atoms with Gasteiger partial charge in [0.2, 0.25) is 0 Å². The van der Waals surface area contributed by atoms with Crippen molar-refractivity contribution in [2.24, 2.45) is 0 Å². The summed E-state index contributed by atoms with van der Waals surface area (Å²) in [5.41, 5.74) is 1.18. The molecule has 0 bridgehead atoms. The lowest BCUT2D eigenvalue weighted by Gasteiger charge is -2.29. The first kappa shape index (κ1) is 22.0. The Hall–Kier alpha value is -3.23. The number of nitrogens with zero attached hydrogens (tertiary/aromatic N) is 3. The number of ketones is 1. The first-order chi connectivity index (χ1) is 15.6. The number of aliphatic hydroxyl groups is 1. The predicted molar refractivity (Wildman–Crippen MR) is 118 cm³/mol. The van der Waals surface area contributed by atoms with E-state index in [9.17, 15) is 14.7 Å². The molecule has 1 N–H and O–H groups in total. The minimum absolute atomic E-state index is 0.0719. The Morgan fingerprint density at radius 3 is 2.72 bits per heavy atom. The van der Waals surface area contributed by atoms with E-state index in [-0.39, 0.29) is 11.3 Å². The number of hydrogen-bond acceptors (Lipinski definition) is 7. The third kappa shape index (κ3) is 4.51. The van der Waals surface area contributed by atoms with Gasteiger partial charge in [0.15, 0.2) is 0 Å². The Balaban J connectivity index is 1.65. The topological polar surface area (TPSA) is 92.2 Å². The number of rotatable bonds is 7. The van der Waals surface area contributed by atoms with E-state index in [1.807, 2.05) is 6.07 Å². The summed E-state index contributed by atoms with van der Waals surface area (Å²) >= 11 is 0. The molecule has 0 spiro atoms. The normalized spacial score (nSPS) is 21.2. The van der Waals surface area contributed by atoms with Crippen molar-refractivity contribution < 1.29 is 24.2 Å². The van der Waals surface area contributed by atoms with Crippen LogP contribution in [0, 0.1) is 0 Å². The third-order valence-electron chi connectivity index (χ3n) is 5.86. The zero-order valence-electron chi connectivity index (χ0n) is 18.1. The zero-order chi connectivity index (χ0) is 22.5. The van der Waals surface area contributed by atoms with Crippen LogP contribution in [0.4, 0.5) is 0 Å². The minimum atomic E-state index is -0.695. The van der Waals surface area contributed by atoms with Crippen molar-refractivity contribution >= 4 is 17.4 Å². The molecule has 8 nitrogen and oxygen atoms in total. The monoisotopic (exact) mass is 437 g/mol. The number of carbonyl (C=O) groups excluding carboxylic acids is 2. The van der Waals surface area contributed by atoms with Gasteiger partial charge in [0.1, 0.15) is 11.5 Å². The zero-order valence-corrected chi connectivity index (χ0v) is 18.1. The molecule has 8 heteroatoms. The van der Waals surface area contributed by atoms with Gasteiger partial charge in [-0.3, -0.25) is 19.5 Å². The van der Waals surface area contributed by atoms with Gasteiger partial charge in [0, 0.05) is 44.1 Å². The Morgan fingerprint density at radius 2 is 2.00 bits per heavy atom. The fraction of sp³-hybridized carbons (Fsp3) is 0.375. The van der Waals surface area contributed by atoms with Gasteiger partial charge in [0.25, 0.3) is 11.7 Å². The molecule has 1 aromatic carbocycles. The molecule has 2 aliphatic rings. The number of aliphatic hydroxyl groups excluding tert-OH is 1. The quantitative estimate of drug-likeness (QED) is 0.403. The van der Waals surface area contributed by atoms with Crippen molar-refractivity contribution in [2.75, 3.05) is 46.5 Å². The van der Waals surface area contributed by atoms with E-state index in [4.69, 9.17) is 9.47 Å². The van der Waals surface area contributed by atoms with Crippen LogP contribution in [0.15, 0.2) is 54.4 Å². The summed E-state index contributed by atoms with van der Waals surface area (Å²) in [6, 6.07) is 9.68. The van der Waals surface area contributed by atoms with Crippen molar-refractivity contribution in [3.8, 4) is 5.75 Å². The third-order valence-corrected chi connectivity index (χ3v) is 5.86. The highest BCUT2D eigenvalue weighted by Gasteiger charge is 2.45. The molecule has 1 atom stereocenters. The van der Waals surface area contributed by atoms with Gasteiger partial charge >= 0.3 is 0 Å². The summed E-state index contributed by atoms with van der Waals surface area (Å²) < 4.78 is 10.6. The minimum Gasteiger partial charge on any atom is -0.507 e. The molecule has 0 aliphatic carbocycles. The molecule has 2 fully saturated rings. The van der Waals surface area contributed by atoms with Gasteiger partial charge in [-0.15, -0.1) is 0 Å². The number of methoxy groups -OCH3 is 1. The predicted octanol–water partition coefficient (Wildman–Crippen LogP) is 2.23. The number of ether oxygens (including phenoxy) is 2. The molecule has 3 heterocycles. The molecule has 0 unspecified atom stereocenters. The molecule has 32 heavy (non-hydrogen) atoms. The first-order valence-electron chi connectivity index (χ1n) is 10.7. The lowest BCUT2D eigenvalue weighted by atomic mass is 9.96. The van der Waals surface area contributed by atoms with Crippen molar-refractivity contribution in [1.29, 1.82) is 0 Å². The maximum Gasteiger partial charge on any atom is 0.295 e. The number of Topliss-reactive ketones (excluding diaryl/α,β-unsaturated/α-hetero) is 1. The molecular formula is C24H27N3O5. The van der Waals surface area contributed by atoms with Crippen molar-refractivity contribution in [2.45, 2.75) is 12.5 Å². The summed E-state index contributed by atoms with van der Waals surface area (Å²) in [5, 5.41) is 11.1. The van der Waals surface area contributed by atoms with E-state index in [1.165, 1.54) is 7.11 Å². The van der Waals surface area contributed by atoms with E-state index < -0.39 is 17.7 Å². The summed E-state index contributed by atoms with van der Waals surface area (Å²) in [6.07, 6.45) is 3.98. The molecule has 2 saturated heterocycles. The van der Waals surface area contributed by atoms with Gasteiger partial charge < -0.3 is 19.5 Å². The standard InChI is InChI=1S/C24H27N3O5/c1-31-19-7-2-5-17(15-19)22(28)20-21(18-6-3-8-25-16-18)27(24(30)23(20)29)10-4-9-26-11-13-32-14-12-26/h2-3,5-8,15-16,21,28H,4,9-14H2,1H3/t21-/m1/s1. The van der Waals surface area contributed by atoms with Crippen LogP contribution in [0.3, 0.4) is 0 Å². The fourth-order valence-corrected chi connectivity index (χ4v) is 4.21. The van der Waals surface area contributed by atoms with Crippen LogP contribution >= 0.6 is 0 Å². The van der Waals surface area contributed by atoms with Crippen molar-refractivity contribution in [3.05, 3.63) is 65.5 Å². The summed E-state index contributed by atoms with van der Waals surface area (Å²) in [6.45, 7) is 4.35. The highest BCUT2D eigenvalue weighted by atomic mass is 16.5. The SMILES string of the molecule is COc1cccc(C(O)=C2C(=O)C(=O)N(CCCN3CCOCC3)[C@@H]2c2cccnc2)c1. The van der Waals surface area contributed by atoms with Crippen LogP contribution in [-0.2, 0) is 14.3 Å². The molecule has 0 radical (unpaired) electrons. The average Bonchev–Trinajstić information content (AvgIpc) is 3.10. The van der Waals surface area contributed by atoms with Crippen LogP contribution in [-0.4, -0.2) is 78.1 Å². The van der Waals surface area contributed by atoms with Gasteiger partial charge in [-0.05, 0) is 30.2 Å². The van der Waals surface area contributed by atoms with Crippen LogP contribution < -0.4 is 4.74 Å². The molecule has 1 amide bonds. The largest absolute Gasteiger partial charge is 0.507 e. The second-order valence-electron chi connectivity index (χ2n) is 7.82. The number of aromatic nitrogens is 1. The van der Waals surface area contributed by atoms with Crippen LogP contribution in [0.2, 0.25) is 0 Å². The Morgan fingerprint density at radius 1 is 1.19 bits per heavy atom. The molecule has 0 saturated carbocycles. The van der Waals surface area contributed by atoms with E-state index in [1.54, 1.807) is 47.6 Å². The Kier molecular flexibility index (Phi) is 6.82. The van der Waals surface area contributed by atoms with Crippen LogP contribution in [0.25, 0.3) is 5.76 Å². The molecule has 2 aliphatic heterocycles. The first-order valence-corrected chi connectivity index (χ1v) is 10.7. The number of carbonyl (C=O) groups is 2. The van der Waals surface area contributed by atoms with Gasteiger partial charge in [-0.2, -0.15) is 0 Å². The second-order valence-corrected chi connectivity index (χ2v) is 7.82. The average molecular weight is 437 g/mol. The number of amides is 1. The van der Waals surface area contributed by atoms with Crippen LogP contribution in [0.5, 0.6) is 5.75 Å². The maximum atomic E-state index is 13.0. The van der Waals surface area contributed by atoms with Crippen LogP contribution in [0.1, 0.15) is 23.6 Å². The number of pyridine rings is 1. The smallest absolute Gasteiger partial charge is 0.295 e. The number of likely N-dealkylation sites (tertiary alicyclic amines) is 1. The molecule has 1 aromatic heterocycles. The molecule has 4 rings (SSSR count). The lowest BCUT2D eigenvalue weighted by molar-refractivity contribution is -0.140. The van der Waals surface area contributed by atoms with E-state index in [0.717, 1.165) is 19.6 Å². The maximum absolute atomic E-state index is 13.0. The molecule has 2 aromatic rings. The Labute approximate surface area is 187 Å². The van der Waals surface area contributed by atoms with E-state index in [0.29, 0.717) is 43.1 Å². The molecular weight excluding hydrogens is 410 g/mol. The van der Waals surface area contributed by atoms with E-state index >= 15 is 0 Å². The van der Waals surface area contributed by atoms with E-state index in [2.05, 4.69) is 9.88 Å². The Bertz CT molecular complexity index is 1000. The summed E-state index contributed by atoms with van der Waals surface area (Å²) in [7, 11) is 1.53. The second kappa shape index (κ2) is 9.93. The highest BCUT2D eigenvalue weighted by Crippen LogP contribution is 2.39. The van der Waals surface area contributed by atoms with Crippen molar-refractivity contribution in [3.63, 3.8) is 0 Å². The number of morpholine rings is 1. The van der Waals surface area contributed by atoms with Gasteiger partial charge in [0.05, 0.1) is 31.9 Å².